The van der Waals surface area contributed by atoms with Gasteiger partial charge in [0.25, 0.3) is 0 Å². The first-order valence-electron chi connectivity index (χ1n) is 7.10. The van der Waals surface area contributed by atoms with Crippen molar-refractivity contribution in [1.29, 1.82) is 0 Å². The highest BCUT2D eigenvalue weighted by Crippen LogP contribution is 2.23. The lowest BCUT2D eigenvalue weighted by Gasteiger charge is -2.09. The maximum atomic E-state index is 10.9. The maximum absolute atomic E-state index is 10.9. The van der Waals surface area contributed by atoms with Crippen LogP contribution in [0.15, 0.2) is 28.8 Å². The number of fused-ring (bicyclic) bond motifs is 1. The minimum absolute atomic E-state index is 0.0608. The number of hydrogen-bond donors (Lipinski definition) is 1. The summed E-state index contributed by atoms with van der Waals surface area (Å²) in [6, 6.07) is 5.13. The molecule has 0 fully saturated rings. The number of carbonyl (C=O) groups is 1. The smallest absolute Gasteiger partial charge is 0.371 e. The van der Waals surface area contributed by atoms with Crippen molar-refractivity contribution in [2.75, 3.05) is 0 Å². The van der Waals surface area contributed by atoms with E-state index in [1.807, 2.05) is 17.6 Å². The Morgan fingerprint density at radius 3 is 2.82 bits per heavy atom. The molecule has 0 radical (unpaired) electrons. The van der Waals surface area contributed by atoms with E-state index in [9.17, 15) is 4.79 Å². The molecule has 6 nitrogen and oxygen atoms in total. The van der Waals surface area contributed by atoms with Crippen molar-refractivity contribution in [2.24, 2.45) is 0 Å². The molecular weight excluding hydrogens is 282 g/mol. The van der Waals surface area contributed by atoms with Crippen LogP contribution in [0.4, 0.5) is 0 Å². The lowest BCUT2D eigenvalue weighted by molar-refractivity contribution is 0.0660. The Labute approximate surface area is 127 Å². The molecule has 0 amide bonds. The highest BCUT2D eigenvalue weighted by Gasteiger charge is 2.17. The molecule has 0 aliphatic rings. The van der Waals surface area contributed by atoms with Gasteiger partial charge < -0.3 is 14.1 Å². The van der Waals surface area contributed by atoms with Crippen LogP contribution in [0.1, 0.15) is 47.5 Å². The number of nitrogens with zero attached hydrogens (tertiary/aromatic N) is 3. The fourth-order valence-electron chi connectivity index (χ4n) is 2.46. The van der Waals surface area contributed by atoms with Gasteiger partial charge in [-0.2, -0.15) is 0 Å². The van der Waals surface area contributed by atoms with Crippen molar-refractivity contribution in [3.63, 3.8) is 0 Å². The lowest BCUT2D eigenvalue weighted by Crippen LogP contribution is -2.07. The standard InChI is InChI=1S/C16H17N3O3/c1-9(2)14-18-12-6-10(3)7-17-15(12)19(14)8-11-4-5-13(22-11)16(20)21/h4-7,9H,8H2,1-3H3,(H,20,21). The zero-order valence-electron chi connectivity index (χ0n) is 12.7. The van der Waals surface area contributed by atoms with E-state index in [2.05, 4.69) is 23.8 Å². The highest BCUT2D eigenvalue weighted by molar-refractivity contribution is 5.84. The lowest BCUT2D eigenvalue weighted by atomic mass is 10.2. The molecule has 0 spiro atoms. The van der Waals surface area contributed by atoms with Gasteiger partial charge in [-0.1, -0.05) is 13.8 Å². The van der Waals surface area contributed by atoms with Crippen LogP contribution < -0.4 is 0 Å². The van der Waals surface area contributed by atoms with E-state index < -0.39 is 5.97 Å². The van der Waals surface area contributed by atoms with Gasteiger partial charge >= 0.3 is 5.97 Å². The topological polar surface area (TPSA) is 81.2 Å². The van der Waals surface area contributed by atoms with Gasteiger partial charge in [0.05, 0.1) is 6.54 Å². The summed E-state index contributed by atoms with van der Waals surface area (Å²) >= 11 is 0. The molecule has 3 aromatic rings. The monoisotopic (exact) mass is 299 g/mol. The number of furan rings is 1. The third-order valence-electron chi connectivity index (χ3n) is 3.45. The minimum atomic E-state index is -1.07. The number of carboxylic acids is 1. The molecule has 0 unspecified atom stereocenters. The second-order valence-corrected chi connectivity index (χ2v) is 5.64. The van der Waals surface area contributed by atoms with Crippen LogP contribution in [0.3, 0.4) is 0 Å². The summed E-state index contributed by atoms with van der Waals surface area (Å²) in [6.45, 7) is 6.52. The molecule has 0 bridgehead atoms. The van der Waals surface area contributed by atoms with Gasteiger partial charge in [0.2, 0.25) is 5.76 Å². The summed E-state index contributed by atoms with van der Waals surface area (Å²) in [6.07, 6.45) is 1.80. The normalized spacial score (nSPS) is 11.5. The van der Waals surface area contributed by atoms with E-state index in [-0.39, 0.29) is 11.7 Å². The second kappa shape index (κ2) is 5.29. The van der Waals surface area contributed by atoms with Crippen LogP contribution in [0, 0.1) is 6.92 Å². The molecule has 0 aromatic carbocycles. The first-order valence-corrected chi connectivity index (χ1v) is 7.10. The molecule has 3 aromatic heterocycles. The van der Waals surface area contributed by atoms with E-state index in [0.717, 1.165) is 22.6 Å². The average molecular weight is 299 g/mol. The molecule has 6 heteroatoms. The summed E-state index contributed by atoms with van der Waals surface area (Å²) in [5.41, 5.74) is 2.68. The number of aryl methyl sites for hydroxylation is 1. The molecule has 0 saturated heterocycles. The molecule has 0 atom stereocenters. The zero-order chi connectivity index (χ0) is 15.9. The van der Waals surface area contributed by atoms with Crippen molar-refractivity contribution in [1.82, 2.24) is 14.5 Å². The van der Waals surface area contributed by atoms with Crippen LogP contribution in [0.2, 0.25) is 0 Å². The van der Waals surface area contributed by atoms with Crippen molar-refractivity contribution in [2.45, 2.75) is 33.2 Å². The average Bonchev–Trinajstić information content (AvgIpc) is 3.04. The van der Waals surface area contributed by atoms with Crippen LogP contribution in [-0.2, 0) is 6.54 Å². The number of carboxylic acid groups (broad SMARTS) is 1. The van der Waals surface area contributed by atoms with Crippen LogP contribution in [-0.4, -0.2) is 25.6 Å². The highest BCUT2D eigenvalue weighted by atomic mass is 16.4. The summed E-state index contributed by atoms with van der Waals surface area (Å²) in [7, 11) is 0. The van der Waals surface area contributed by atoms with Gasteiger partial charge in [0.1, 0.15) is 17.1 Å². The third kappa shape index (κ3) is 2.47. The van der Waals surface area contributed by atoms with E-state index in [1.165, 1.54) is 6.07 Å². The number of aromatic nitrogens is 3. The van der Waals surface area contributed by atoms with Crippen LogP contribution >= 0.6 is 0 Å². The van der Waals surface area contributed by atoms with E-state index in [4.69, 9.17) is 9.52 Å². The zero-order valence-corrected chi connectivity index (χ0v) is 12.7. The first-order chi connectivity index (χ1) is 10.5. The Morgan fingerprint density at radius 1 is 1.41 bits per heavy atom. The number of rotatable bonds is 4. The fraction of sp³-hybridized carbons (Fsp3) is 0.312. The van der Waals surface area contributed by atoms with Crippen molar-refractivity contribution < 1.29 is 14.3 Å². The van der Waals surface area contributed by atoms with E-state index in [0.29, 0.717) is 12.3 Å². The molecule has 3 rings (SSSR count). The Kier molecular flexibility index (Phi) is 3.44. The fourth-order valence-corrected chi connectivity index (χ4v) is 2.46. The van der Waals surface area contributed by atoms with Gasteiger partial charge in [-0.05, 0) is 30.7 Å². The first kappa shape index (κ1) is 14.3. The predicted octanol–water partition coefficient (Wildman–Crippen LogP) is 3.20. The summed E-state index contributed by atoms with van der Waals surface area (Å²) in [5, 5.41) is 8.94. The number of hydrogen-bond acceptors (Lipinski definition) is 4. The second-order valence-electron chi connectivity index (χ2n) is 5.64. The molecule has 22 heavy (non-hydrogen) atoms. The van der Waals surface area contributed by atoms with Crippen LogP contribution in [0.25, 0.3) is 11.2 Å². The Balaban J connectivity index is 2.07. The largest absolute Gasteiger partial charge is 0.475 e. The Hall–Kier alpha value is -2.63. The molecule has 0 aliphatic carbocycles. The summed E-state index contributed by atoms with van der Waals surface area (Å²) < 4.78 is 7.33. The van der Waals surface area contributed by atoms with E-state index >= 15 is 0 Å². The van der Waals surface area contributed by atoms with Gasteiger partial charge in [-0.25, -0.2) is 14.8 Å². The molecule has 3 heterocycles. The molecule has 0 saturated carbocycles. The maximum Gasteiger partial charge on any atom is 0.371 e. The molecule has 114 valence electrons. The summed E-state index contributed by atoms with van der Waals surface area (Å²) in [4.78, 5) is 20.0. The van der Waals surface area contributed by atoms with Gasteiger partial charge in [-0.3, -0.25) is 0 Å². The van der Waals surface area contributed by atoms with Crippen molar-refractivity contribution in [3.8, 4) is 0 Å². The molecular formula is C16H17N3O3. The van der Waals surface area contributed by atoms with Gasteiger partial charge in [0, 0.05) is 12.1 Å². The van der Waals surface area contributed by atoms with Crippen molar-refractivity contribution >= 4 is 17.1 Å². The van der Waals surface area contributed by atoms with Gasteiger partial charge in [-0.15, -0.1) is 0 Å². The third-order valence-corrected chi connectivity index (χ3v) is 3.45. The van der Waals surface area contributed by atoms with Crippen molar-refractivity contribution in [3.05, 3.63) is 47.3 Å². The van der Waals surface area contributed by atoms with Gasteiger partial charge in [0.15, 0.2) is 5.65 Å². The van der Waals surface area contributed by atoms with Crippen LogP contribution in [0.5, 0.6) is 0 Å². The predicted molar refractivity (Wildman–Crippen MR) is 81.1 cm³/mol. The number of imidazole rings is 1. The molecule has 0 aliphatic heterocycles. The number of aromatic carboxylic acids is 1. The Morgan fingerprint density at radius 2 is 2.18 bits per heavy atom. The van der Waals surface area contributed by atoms with E-state index in [1.54, 1.807) is 12.3 Å². The Bertz CT molecular complexity index is 846. The minimum Gasteiger partial charge on any atom is -0.475 e. The molecule has 1 N–H and O–H groups in total. The quantitative estimate of drug-likeness (QED) is 0.800. The SMILES string of the molecule is Cc1cnc2c(c1)nc(C(C)C)n2Cc1ccc(C(=O)O)o1. The summed E-state index contributed by atoms with van der Waals surface area (Å²) in [5.74, 6) is 0.569. The number of pyridine rings is 1.